The first kappa shape index (κ1) is 17.5. The number of aryl methyl sites for hydroxylation is 1. The Morgan fingerprint density at radius 3 is 2.62 bits per heavy atom. The maximum atomic E-state index is 12.2. The molecule has 0 saturated heterocycles. The predicted molar refractivity (Wildman–Crippen MR) is 81.9 cm³/mol. The zero-order chi connectivity index (χ0) is 14.5. The molecule has 0 spiro atoms. The third-order valence-electron chi connectivity index (χ3n) is 2.75. The summed E-state index contributed by atoms with van der Waals surface area (Å²) in [7, 11) is 3.83. The Balaban J connectivity index is 0.00000220. The van der Waals surface area contributed by atoms with Crippen LogP contribution < -0.4 is 21.5 Å². The smallest absolute Gasteiger partial charge is 0.384 e. The molecule has 2 rings (SSSR count). The van der Waals surface area contributed by atoms with Gasteiger partial charge in [0.15, 0.2) is 6.54 Å². The van der Waals surface area contributed by atoms with E-state index in [2.05, 4.69) is 4.99 Å². The lowest BCUT2D eigenvalue weighted by Crippen LogP contribution is -3.00. The van der Waals surface area contributed by atoms with E-state index >= 15 is 0 Å². The number of aromatic nitrogens is 1. The summed E-state index contributed by atoms with van der Waals surface area (Å²) in [5.74, 6) is 0.0923. The summed E-state index contributed by atoms with van der Waals surface area (Å²) in [5.41, 5.74) is 1.89. The van der Waals surface area contributed by atoms with Crippen LogP contribution >= 0.6 is 11.3 Å². The minimum Gasteiger partial charge on any atom is -1.00 e. The lowest BCUT2D eigenvalue weighted by molar-refractivity contribution is -0.665. The van der Waals surface area contributed by atoms with E-state index in [1.54, 1.807) is 6.34 Å². The van der Waals surface area contributed by atoms with E-state index in [-0.39, 0.29) is 22.8 Å². The third kappa shape index (κ3) is 5.06. The second-order valence-electron chi connectivity index (χ2n) is 4.81. The Kier molecular flexibility index (Phi) is 6.71. The molecule has 1 heterocycles. The highest BCUT2D eigenvalue weighted by molar-refractivity contribution is 7.12. The number of benzene rings is 1. The normalized spacial score (nSPS) is 10.4. The number of carbonyl (C=O) groups excluding carboxylic acids is 1. The van der Waals surface area contributed by atoms with E-state index in [1.807, 2.05) is 66.3 Å². The van der Waals surface area contributed by atoms with Gasteiger partial charge in [0.05, 0.1) is 0 Å². The Bertz CT molecular complexity index is 620. The van der Waals surface area contributed by atoms with E-state index in [0.29, 0.717) is 6.54 Å². The summed E-state index contributed by atoms with van der Waals surface area (Å²) in [6.45, 7) is 2.32. The minimum atomic E-state index is 0. The quantitative estimate of drug-likeness (QED) is 0.308. The number of hydrogen-bond donors (Lipinski definition) is 0. The Labute approximate surface area is 139 Å². The standard InChI is InChI=1S/C15H18N3OS.BrH/c1-12-4-6-13(7-5-12)14(19)10-18-8-9-20-15(18)16-11-17(2)3;/h4-9,11H,10H2,1-3H3;1H/q+1;/p-1. The van der Waals surface area contributed by atoms with Crippen molar-refractivity contribution in [2.45, 2.75) is 13.5 Å². The number of thiazole rings is 1. The lowest BCUT2D eigenvalue weighted by atomic mass is 10.1. The van der Waals surface area contributed by atoms with E-state index < -0.39 is 0 Å². The van der Waals surface area contributed by atoms with Gasteiger partial charge in [-0.25, -0.2) is 4.57 Å². The molecule has 0 N–H and O–H groups in total. The fourth-order valence-electron chi connectivity index (χ4n) is 1.67. The highest BCUT2D eigenvalue weighted by Crippen LogP contribution is 2.13. The molecule has 6 heteroatoms. The summed E-state index contributed by atoms with van der Waals surface area (Å²) in [4.78, 5) is 18.5. The van der Waals surface area contributed by atoms with Gasteiger partial charge < -0.3 is 21.9 Å². The lowest BCUT2D eigenvalue weighted by Gasteiger charge is -2.00. The van der Waals surface area contributed by atoms with Crippen LogP contribution in [0.3, 0.4) is 0 Å². The van der Waals surface area contributed by atoms with Crippen molar-refractivity contribution in [3.05, 3.63) is 47.0 Å². The van der Waals surface area contributed by atoms with Gasteiger partial charge in [0.25, 0.3) is 0 Å². The highest BCUT2D eigenvalue weighted by Gasteiger charge is 2.15. The second-order valence-corrected chi connectivity index (χ2v) is 5.68. The van der Waals surface area contributed by atoms with Crippen molar-refractivity contribution in [1.82, 2.24) is 4.90 Å². The van der Waals surface area contributed by atoms with Crippen molar-refractivity contribution >= 4 is 28.6 Å². The zero-order valence-corrected chi connectivity index (χ0v) is 14.7. The van der Waals surface area contributed by atoms with E-state index in [1.165, 1.54) is 11.3 Å². The average molecular weight is 368 g/mol. The molecular weight excluding hydrogens is 350 g/mol. The van der Waals surface area contributed by atoms with Gasteiger partial charge in [-0.2, -0.15) is 0 Å². The van der Waals surface area contributed by atoms with Crippen molar-refractivity contribution in [3.63, 3.8) is 0 Å². The molecule has 0 radical (unpaired) electrons. The van der Waals surface area contributed by atoms with Crippen LogP contribution in [0.2, 0.25) is 0 Å². The molecule has 4 nitrogen and oxygen atoms in total. The largest absolute Gasteiger partial charge is 1.00 e. The van der Waals surface area contributed by atoms with Crippen molar-refractivity contribution in [1.29, 1.82) is 0 Å². The summed E-state index contributed by atoms with van der Waals surface area (Å²) >= 11 is 1.52. The van der Waals surface area contributed by atoms with Crippen molar-refractivity contribution in [3.8, 4) is 0 Å². The van der Waals surface area contributed by atoms with Crippen LogP contribution in [0.5, 0.6) is 0 Å². The number of hydrogen-bond acceptors (Lipinski definition) is 3. The van der Waals surface area contributed by atoms with E-state index in [0.717, 1.165) is 16.3 Å². The third-order valence-corrected chi connectivity index (χ3v) is 3.56. The molecule has 0 amide bonds. The molecule has 0 aliphatic carbocycles. The molecule has 2 aromatic rings. The van der Waals surface area contributed by atoms with Gasteiger partial charge in [0, 0.05) is 25.0 Å². The van der Waals surface area contributed by atoms with Crippen LogP contribution in [0, 0.1) is 6.92 Å². The maximum Gasteiger partial charge on any atom is 0.384 e. The van der Waals surface area contributed by atoms with Crippen LogP contribution in [-0.2, 0) is 6.54 Å². The molecule has 21 heavy (non-hydrogen) atoms. The Morgan fingerprint density at radius 1 is 1.33 bits per heavy atom. The van der Waals surface area contributed by atoms with Crippen LogP contribution in [-0.4, -0.2) is 31.1 Å². The Hall–Kier alpha value is -1.53. The van der Waals surface area contributed by atoms with Gasteiger partial charge in [0.1, 0.15) is 6.20 Å². The fourth-order valence-corrected chi connectivity index (χ4v) is 2.37. The van der Waals surface area contributed by atoms with Crippen LogP contribution in [0.25, 0.3) is 0 Å². The molecule has 0 bridgehead atoms. The molecule has 0 unspecified atom stereocenters. The molecule has 1 aromatic carbocycles. The SMILES string of the molecule is Cc1ccc(C(=O)C[n+]2ccsc2N=CN(C)C)cc1.[Br-]. The van der Waals surface area contributed by atoms with Crippen molar-refractivity contribution in [2.24, 2.45) is 4.99 Å². The second kappa shape index (κ2) is 8.05. The van der Waals surface area contributed by atoms with Crippen LogP contribution in [0.1, 0.15) is 15.9 Å². The molecule has 112 valence electrons. The first-order valence-electron chi connectivity index (χ1n) is 6.33. The van der Waals surface area contributed by atoms with Gasteiger partial charge in [-0.15, -0.1) is 0 Å². The first-order valence-corrected chi connectivity index (χ1v) is 7.21. The number of aliphatic imine (C=N–C) groups is 1. The van der Waals surface area contributed by atoms with Gasteiger partial charge >= 0.3 is 5.13 Å². The fraction of sp³-hybridized carbons (Fsp3) is 0.267. The molecule has 0 atom stereocenters. The van der Waals surface area contributed by atoms with E-state index in [4.69, 9.17) is 0 Å². The number of Topliss-reactive ketones (excluding diaryl/α,β-unsaturated/α-hetero) is 1. The van der Waals surface area contributed by atoms with Crippen LogP contribution in [0.4, 0.5) is 5.13 Å². The summed E-state index contributed by atoms with van der Waals surface area (Å²) in [6.07, 6.45) is 3.62. The molecule has 0 aliphatic heterocycles. The zero-order valence-electron chi connectivity index (χ0n) is 12.3. The number of ketones is 1. The summed E-state index contributed by atoms with van der Waals surface area (Å²) in [6, 6.07) is 7.65. The van der Waals surface area contributed by atoms with Crippen LogP contribution in [0.15, 0.2) is 40.8 Å². The van der Waals surface area contributed by atoms with Gasteiger partial charge in [0.2, 0.25) is 12.1 Å². The van der Waals surface area contributed by atoms with Gasteiger partial charge in [-0.05, 0) is 11.9 Å². The number of halogens is 1. The Morgan fingerprint density at radius 2 is 2.00 bits per heavy atom. The molecule has 1 aromatic heterocycles. The van der Waals surface area contributed by atoms with Gasteiger partial charge in [-0.3, -0.25) is 4.79 Å². The molecule has 0 saturated carbocycles. The van der Waals surface area contributed by atoms with E-state index in [9.17, 15) is 4.79 Å². The predicted octanol–water partition coefficient (Wildman–Crippen LogP) is -0.548. The number of rotatable bonds is 5. The molecule has 0 fully saturated rings. The number of nitrogens with zero attached hydrogens (tertiary/aromatic N) is 3. The molecule has 0 aliphatic rings. The first-order chi connectivity index (χ1) is 9.56. The monoisotopic (exact) mass is 367 g/mol. The average Bonchev–Trinajstić information content (AvgIpc) is 2.84. The van der Waals surface area contributed by atoms with Crippen molar-refractivity contribution in [2.75, 3.05) is 14.1 Å². The summed E-state index contributed by atoms with van der Waals surface area (Å²) < 4.78 is 1.87. The maximum absolute atomic E-state index is 12.2. The minimum absolute atomic E-state index is 0. The number of carbonyl (C=O) groups is 1. The highest BCUT2D eigenvalue weighted by atomic mass is 79.9. The van der Waals surface area contributed by atoms with Crippen molar-refractivity contribution < 1.29 is 26.3 Å². The van der Waals surface area contributed by atoms with Gasteiger partial charge in [-0.1, -0.05) is 41.2 Å². The summed E-state index contributed by atoms with van der Waals surface area (Å²) in [5, 5.41) is 2.75. The topological polar surface area (TPSA) is 36.6 Å². The molecular formula is C15H18BrN3OS.